The molecule has 1 N–H and O–H groups in total. The molecule has 0 aliphatic carbocycles. The lowest BCUT2D eigenvalue weighted by molar-refractivity contribution is 0.0696. The highest BCUT2D eigenvalue weighted by molar-refractivity contribution is 5.88. The Hall–Kier alpha value is -3.58. The zero-order valence-corrected chi connectivity index (χ0v) is 16.9. The van der Waals surface area contributed by atoms with Crippen molar-refractivity contribution < 1.29 is 24.1 Å². The fraction of sp³-hybridized carbons (Fsp3) is 0.217. The summed E-state index contributed by atoms with van der Waals surface area (Å²) >= 11 is 0. The molecule has 0 saturated carbocycles. The van der Waals surface area contributed by atoms with E-state index in [9.17, 15) is 9.90 Å². The standard InChI is InChI=1S/C23H24N2O5/c1-28-21-7-3-17(4-8-21)14-30-15-18(13-25-10-9-24-16-25)11-19-5-6-20(23(26)27)12-22(19)29-2/h3-12,16H,13-15H2,1-2H3,(H,26,27). The van der Waals surface area contributed by atoms with Gasteiger partial charge in [-0.15, -0.1) is 0 Å². The fourth-order valence-electron chi connectivity index (χ4n) is 2.95. The summed E-state index contributed by atoms with van der Waals surface area (Å²) < 4.78 is 18.4. The summed E-state index contributed by atoms with van der Waals surface area (Å²) in [7, 11) is 3.16. The lowest BCUT2D eigenvalue weighted by Gasteiger charge is -2.12. The Bertz CT molecular complexity index is 995. The Morgan fingerprint density at radius 1 is 1.13 bits per heavy atom. The van der Waals surface area contributed by atoms with Crippen LogP contribution < -0.4 is 9.47 Å². The number of imidazole rings is 1. The van der Waals surface area contributed by atoms with Gasteiger partial charge in [-0.25, -0.2) is 9.78 Å². The monoisotopic (exact) mass is 408 g/mol. The van der Waals surface area contributed by atoms with Crippen molar-refractivity contribution in [2.75, 3.05) is 20.8 Å². The highest BCUT2D eigenvalue weighted by Gasteiger charge is 2.09. The number of methoxy groups -OCH3 is 2. The maximum Gasteiger partial charge on any atom is 0.335 e. The van der Waals surface area contributed by atoms with Crippen molar-refractivity contribution in [2.45, 2.75) is 13.2 Å². The second kappa shape index (κ2) is 10.3. The predicted octanol–water partition coefficient (Wildman–Crippen LogP) is 3.90. The first-order valence-electron chi connectivity index (χ1n) is 9.36. The van der Waals surface area contributed by atoms with Crippen LogP contribution in [-0.2, 0) is 17.9 Å². The van der Waals surface area contributed by atoms with Gasteiger partial charge in [-0.3, -0.25) is 0 Å². The lowest BCUT2D eigenvalue weighted by atomic mass is 10.1. The van der Waals surface area contributed by atoms with E-state index in [0.717, 1.165) is 22.4 Å². The van der Waals surface area contributed by atoms with Crippen molar-refractivity contribution in [2.24, 2.45) is 0 Å². The van der Waals surface area contributed by atoms with Crippen LogP contribution in [0.5, 0.6) is 11.5 Å². The number of aromatic carboxylic acids is 1. The first-order valence-corrected chi connectivity index (χ1v) is 9.36. The van der Waals surface area contributed by atoms with Gasteiger partial charge in [0.2, 0.25) is 0 Å². The number of hydrogen-bond acceptors (Lipinski definition) is 5. The minimum absolute atomic E-state index is 0.177. The summed E-state index contributed by atoms with van der Waals surface area (Å²) in [4.78, 5) is 15.3. The van der Waals surface area contributed by atoms with Crippen LogP contribution in [0, 0.1) is 0 Å². The molecule has 7 heteroatoms. The van der Waals surface area contributed by atoms with E-state index in [4.69, 9.17) is 14.2 Å². The number of hydrogen-bond donors (Lipinski definition) is 1. The Balaban J connectivity index is 1.77. The molecule has 3 rings (SSSR count). The zero-order valence-electron chi connectivity index (χ0n) is 16.9. The van der Waals surface area contributed by atoms with Crippen molar-refractivity contribution in [3.63, 3.8) is 0 Å². The molecule has 156 valence electrons. The number of rotatable bonds is 10. The van der Waals surface area contributed by atoms with Crippen LogP contribution in [-0.4, -0.2) is 41.5 Å². The third-order valence-corrected chi connectivity index (χ3v) is 4.50. The van der Waals surface area contributed by atoms with E-state index in [2.05, 4.69) is 4.98 Å². The van der Waals surface area contributed by atoms with Crippen LogP contribution >= 0.6 is 0 Å². The second-order valence-electron chi connectivity index (χ2n) is 6.64. The normalized spacial score (nSPS) is 11.3. The van der Waals surface area contributed by atoms with Gasteiger partial charge in [0.15, 0.2) is 0 Å². The number of carboxylic acids is 1. The van der Waals surface area contributed by atoms with Gasteiger partial charge in [0, 0.05) is 24.5 Å². The van der Waals surface area contributed by atoms with Crippen molar-refractivity contribution >= 4 is 12.0 Å². The smallest absolute Gasteiger partial charge is 0.335 e. The molecule has 0 aliphatic rings. The van der Waals surface area contributed by atoms with Crippen LogP contribution in [0.4, 0.5) is 0 Å². The van der Waals surface area contributed by atoms with Crippen molar-refractivity contribution in [1.82, 2.24) is 9.55 Å². The first-order chi connectivity index (χ1) is 14.6. The van der Waals surface area contributed by atoms with Crippen LogP contribution in [0.1, 0.15) is 21.5 Å². The Labute approximate surface area is 175 Å². The van der Waals surface area contributed by atoms with E-state index < -0.39 is 5.97 Å². The van der Waals surface area contributed by atoms with Gasteiger partial charge < -0.3 is 23.9 Å². The van der Waals surface area contributed by atoms with Gasteiger partial charge in [0.05, 0.1) is 39.3 Å². The molecule has 0 aliphatic heterocycles. The molecule has 0 unspecified atom stereocenters. The average Bonchev–Trinajstić information content (AvgIpc) is 3.27. The van der Waals surface area contributed by atoms with Gasteiger partial charge in [0.25, 0.3) is 0 Å². The average molecular weight is 408 g/mol. The molecule has 0 amide bonds. The zero-order chi connectivity index (χ0) is 21.3. The molecular formula is C23H24N2O5. The van der Waals surface area contributed by atoms with Crippen molar-refractivity contribution in [3.8, 4) is 11.5 Å². The topological polar surface area (TPSA) is 82.8 Å². The summed E-state index contributed by atoms with van der Waals surface area (Å²) in [5.41, 5.74) is 2.99. The molecule has 1 aromatic heterocycles. The van der Waals surface area contributed by atoms with Gasteiger partial charge in [0.1, 0.15) is 11.5 Å². The maximum absolute atomic E-state index is 11.2. The number of benzene rings is 2. The van der Waals surface area contributed by atoms with E-state index in [-0.39, 0.29) is 5.56 Å². The Morgan fingerprint density at radius 3 is 2.57 bits per heavy atom. The highest BCUT2D eigenvalue weighted by atomic mass is 16.5. The van der Waals surface area contributed by atoms with Crippen LogP contribution in [0.25, 0.3) is 6.08 Å². The molecule has 0 atom stereocenters. The minimum Gasteiger partial charge on any atom is -0.497 e. The summed E-state index contributed by atoms with van der Waals surface area (Å²) in [6.45, 7) is 1.45. The number of aromatic nitrogens is 2. The summed E-state index contributed by atoms with van der Waals surface area (Å²) in [6.07, 6.45) is 7.29. The van der Waals surface area contributed by atoms with E-state index in [1.165, 1.54) is 13.2 Å². The molecule has 0 saturated heterocycles. The predicted molar refractivity (Wildman–Crippen MR) is 113 cm³/mol. The number of carbonyl (C=O) groups is 1. The van der Waals surface area contributed by atoms with Gasteiger partial charge in [-0.05, 0) is 41.5 Å². The molecule has 3 aromatic rings. The SMILES string of the molecule is COc1ccc(COCC(=Cc2ccc(C(=O)O)cc2OC)Cn2ccnc2)cc1. The maximum atomic E-state index is 11.2. The van der Waals surface area contributed by atoms with Gasteiger partial charge in [-0.2, -0.15) is 0 Å². The van der Waals surface area contributed by atoms with Gasteiger partial charge in [-0.1, -0.05) is 18.2 Å². The largest absolute Gasteiger partial charge is 0.497 e. The molecule has 30 heavy (non-hydrogen) atoms. The molecule has 2 aromatic carbocycles. The number of ether oxygens (including phenoxy) is 3. The Kier molecular flexibility index (Phi) is 7.24. The molecule has 0 bridgehead atoms. The molecule has 1 heterocycles. The molecule has 0 spiro atoms. The van der Waals surface area contributed by atoms with E-state index in [0.29, 0.717) is 25.5 Å². The van der Waals surface area contributed by atoms with Crippen LogP contribution in [0.3, 0.4) is 0 Å². The lowest BCUT2D eigenvalue weighted by Crippen LogP contribution is -2.06. The highest BCUT2D eigenvalue weighted by Crippen LogP contribution is 2.24. The summed E-state index contributed by atoms with van der Waals surface area (Å²) in [5.74, 6) is 0.301. The van der Waals surface area contributed by atoms with Gasteiger partial charge >= 0.3 is 5.97 Å². The Morgan fingerprint density at radius 2 is 1.93 bits per heavy atom. The van der Waals surface area contributed by atoms with E-state index >= 15 is 0 Å². The van der Waals surface area contributed by atoms with E-state index in [1.54, 1.807) is 31.8 Å². The quantitative estimate of drug-likeness (QED) is 0.548. The van der Waals surface area contributed by atoms with Crippen LogP contribution in [0.2, 0.25) is 0 Å². The third kappa shape index (κ3) is 5.71. The summed E-state index contributed by atoms with van der Waals surface area (Å²) in [6, 6.07) is 12.5. The number of carboxylic acid groups (broad SMARTS) is 1. The summed E-state index contributed by atoms with van der Waals surface area (Å²) in [5, 5.41) is 9.20. The first kappa shape index (κ1) is 21.1. The van der Waals surface area contributed by atoms with Crippen LogP contribution in [0.15, 0.2) is 66.8 Å². The molecule has 0 radical (unpaired) electrons. The fourth-order valence-corrected chi connectivity index (χ4v) is 2.95. The molecule has 7 nitrogen and oxygen atoms in total. The second-order valence-corrected chi connectivity index (χ2v) is 6.64. The van der Waals surface area contributed by atoms with Crippen molar-refractivity contribution in [1.29, 1.82) is 0 Å². The van der Waals surface area contributed by atoms with E-state index in [1.807, 2.05) is 41.1 Å². The van der Waals surface area contributed by atoms with Crippen molar-refractivity contribution in [3.05, 3.63) is 83.4 Å². The minimum atomic E-state index is -0.995. The molecular weight excluding hydrogens is 384 g/mol. The molecule has 0 fully saturated rings. The number of nitrogens with zero attached hydrogens (tertiary/aromatic N) is 2. The third-order valence-electron chi connectivity index (χ3n) is 4.50.